The number of fused-ring (bicyclic) bond motifs is 3. The largest absolute Gasteiger partial charge is 0.507 e. The van der Waals surface area contributed by atoms with E-state index in [2.05, 4.69) is 0 Å². The molecule has 7 aliphatic rings. The maximum atomic E-state index is 14.7. The number of phenols is 1. The van der Waals surface area contributed by atoms with Gasteiger partial charge in [-0.3, -0.25) is 14.4 Å². The van der Waals surface area contributed by atoms with E-state index in [1.165, 1.54) is 31.2 Å². The van der Waals surface area contributed by atoms with Crippen LogP contribution in [0.3, 0.4) is 0 Å². The second-order valence-corrected chi connectivity index (χ2v) is 17.9. The standard InChI is InChI=1S/C43H56O17/c1-18-25(44)8-10-32(55-18)60-43-30(46)16-41(5,52)17-42(43,53)13-12-24-35(43)40(51)23-7-6-22(38(49)34(23)39(24)50)28-15-29(37(48)21(4)54-28)59-31-11-9-27(19(2)56-31)58-33-14-26(45)36(47)20(3)57-33/h6-7,12-13,18-21,25-29,31-33,36-37,44-45,47-49,52-53H,8-11,14-17H2,1-5H3/t18-,19-,20+,21+,25-,26+,27-,28+,29+,31-,32-,33-,36+,37+,41+,42-,43-/m0/s1. The predicted octanol–water partition coefficient (Wildman–Crippen LogP) is 1.49. The van der Waals surface area contributed by atoms with E-state index in [1.807, 2.05) is 6.92 Å². The summed E-state index contributed by atoms with van der Waals surface area (Å²) in [6, 6.07) is 2.78. The summed E-state index contributed by atoms with van der Waals surface area (Å²) >= 11 is 0. The molecule has 1 aromatic carbocycles. The van der Waals surface area contributed by atoms with Crippen molar-refractivity contribution in [3.05, 3.63) is 52.1 Å². The second kappa shape index (κ2) is 16.0. The molecule has 0 bridgehead atoms. The molecule has 5 fully saturated rings. The molecule has 60 heavy (non-hydrogen) atoms. The molecular weight excluding hydrogens is 788 g/mol. The number of rotatable bonds is 7. The monoisotopic (exact) mass is 844 g/mol. The molecule has 330 valence electrons. The van der Waals surface area contributed by atoms with E-state index in [0.717, 1.165) is 0 Å². The molecule has 7 N–H and O–H groups in total. The van der Waals surface area contributed by atoms with E-state index >= 15 is 0 Å². The van der Waals surface area contributed by atoms with Crippen LogP contribution in [0.25, 0.3) is 0 Å². The molecule has 17 atom stereocenters. The summed E-state index contributed by atoms with van der Waals surface area (Å²) in [6.07, 6.45) is -8.39. The first-order valence-corrected chi connectivity index (χ1v) is 20.9. The van der Waals surface area contributed by atoms with Crippen molar-refractivity contribution >= 4 is 17.3 Å². The Morgan fingerprint density at radius 2 is 1.38 bits per heavy atom. The van der Waals surface area contributed by atoms with Crippen LogP contribution in [0.15, 0.2) is 35.4 Å². The van der Waals surface area contributed by atoms with Crippen molar-refractivity contribution in [2.75, 3.05) is 0 Å². The summed E-state index contributed by atoms with van der Waals surface area (Å²) in [4.78, 5) is 43.5. The molecule has 0 amide bonds. The Labute approximate surface area is 346 Å². The molecule has 0 unspecified atom stereocenters. The Kier molecular flexibility index (Phi) is 11.6. The molecule has 4 aliphatic heterocycles. The van der Waals surface area contributed by atoms with Gasteiger partial charge in [-0.1, -0.05) is 12.1 Å². The van der Waals surface area contributed by atoms with Crippen molar-refractivity contribution in [3.8, 4) is 5.75 Å². The van der Waals surface area contributed by atoms with Crippen LogP contribution in [0.2, 0.25) is 0 Å². The van der Waals surface area contributed by atoms with Crippen molar-refractivity contribution in [3.63, 3.8) is 0 Å². The molecule has 17 nitrogen and oxygen atoms in total. The quantitative estimate of drug-likeness (QED) is 0.205. The van der Waals surface area contributed by atoms with Gasteiger partial charge in [-0.05, 0) is 59.6 Å². The van der Waals surface area contributed by atoms with Gasteiger partial charge in [0, 0.05) is 55.2 Å². The maximum absolute atomic E-state index is 14.7. The number of phenolic OH excluding ortho intramolecular Hbond substituents is 1. The second-order valence-electron chi connectivity index (χ2n) is 17.9. The summed E-state index contributed by atoms with van der Waals surface area (Å²) in [7, 11) is 0. The maximum Gasteiger partial charge on any atom is 0.198 e. The van der Waals surface area contributed by atoms with E-state index in [4.69, 9.17) is 33.2 Å². The molecule has 0 aromatic heterocycles. The Hall–Kier alpha value is -3.01. The lowest BCUT2D eigenvalue weighted by molar-refractivity contribution is -0.306. The number of Topliss-reactive ketones (excluding diaryl/α,β-unsaturated/α-hetero) is 3. The Morgan fingerprint density at radius 1 is 0.717 bits per heavy atom. The van der Waals surface area contributed by atoms with Crippen molar-refractivity contribution < 1.29 is 83.3 Å². The number of aliphatic hydroxyl groups excluding tert-OH is 4. The molecule has 8 rings (SSSR count). The highest BCUT2D eigenvalue weighted by atomic mass is 16.7. The van der Waals surface area contributed by atoms with Crippen LogP contribution in [-0.4, -0.2) is 150 Å². The molecule has 0 spiro atoms. The number of benzene rings is 1. The van der Waals surface area contributed by atoms with Gasteiger partial charge in [-0.15, -0.1) is 0 Å². The first-order valence-electron chi connectivity index (χ1n) is 20.9. The topological polar surface area (TPSA) is 257 Å². The highest BCUT2D eigenvalue weighted by Gasteiger charge is 2.69. The molecule has 4 heterocycles. The lowest BCUT2D eigenvalue weighted by atomic mass is 9.57. The van der Waals surface area contributed by atoms with Gasteiger partial charge in [0.15, 0.2) is 41.8 Å². The fourth-order valence-electron chi connectivity index (χ4n) is 10.1. The SMILES string of the molecule is C[C@@H]1O[C@@H](O[C@@H]2C[C@H](c3ccc4c(c3O)C(=O)C3=C(C4=O)[C@@]4(O[C@H]5CC[C@H](O)[C@H](C)O5)C(=O)C[C@@](C)(O)C[C@@]4(O)C=C3)O[C@H](C)[C@H]2O)CC[C@@H]1O[C@H]1C[C@@H](O)[C@H](O)[C@@H](C)O1. The fourth-order valence-corrected chi connectivity index (χ4v) is 10.1. The van der Waals surface area contributed by atoms with Crippen LogP contribution in [0.1, 0.15) is 118 Å². The van der Waals surface area contributed by atoms with Crippen LogP contribution < -0.4 is 0 Å². The third-order valence-corrected chi connectivity index (χ3v) is 13.3. The number of aromatic hydroxyl groups is 1. The van der Waals surface area contributed by atoms with Gasteiger partial charge in [0.1, 0.15) is 23.6 Å². The number of hydrogen-bond acceptors (Lipinski definition) is 17. The van der Waals surface area contributed by atoms with Gasteiger partial charge in [-0.2, -0.15) is 0 Å². The molecule has 17 heteroatoms. The van der Waals surface area contributed by atoms with E-state index in [9.17, 15) is 50.1 Å². The average molecular weight is 845 g/mol. The first-order chi connectivity index (χ1) is 28.2. The predicted molar refractivity (Wildman–Crippen MR) is 204 cm³/mol. The number of ketones is 3. The van der Waals surface area contributed by atoms with Gasteiger partial charge in [0.05, 0.1) is 71.7 Å². The van der Waals surface area contributed by atoms with Crippen LogP contribution in [0.5, 0.6) is 5.75 Å². The summed E-state index contributed by atoms with van der Waals surface area (Å²) in [5, 5.41) is 76.8. The minimum atomic E-state index is -2.47. The summed E-state index contributed by atoms with van der Waals surface area (Å²) < 4.78 is 42.7. The minimum absolute atomic E-state index is 0.0307. The lowest BCUT2D eigenvalue weighted by Crippen LogP contribution is -2.71. The zero-order valence-electron chi connectivity index (χ0n) is 34.3. The molecule has 0 radical (unpaired) electrons. The summed E-state index contributed by atoms with van der Waals surface area (Å²) in [6.45, 7) is 8.11. The Balaban J connectivity index is 1.03. The van der Waals surface area contributed by atoms with Gasteiger partial charge in [-0.25, -0.2) is 0 Å². The highest BCUT2D eigenvalue weighted by Crippen LogP contribution is 2.55. The minimum Gasteiger partial charge on any atom is -0.507 e. The van der Waals surface area contributed by atoms with Crippen molar-refractivity contribution in [2.24, 2.45) is 0 Å². The number of hydrogen-bond donors (Lipinski definition) is 7. The van der Waals surface area contributed by atoms with Gasteiger partial charge >= 0.3 is 0 Å². The molecule has 1 aromatic rings. The normalized spacial score (nSPS) is 45.9. The van der Waals surface area contributed by atoms with Crippen LogP contribution in [0.4, 0.5) is 0 Å². The third kappa shape index (κ3) is 7.42. The fraction of sp³-hybridized carbons (Fsp3) is 0.698. The van der Waals surface area contributed by atoms with Gasteiger partial charge < -0.3 is 68.9 Å². The van der Waals surface area contributed by atoms with Gasteiger partial charge in [0.25, 0.3) is 0 Å². The zero-order chi connectivity index (χ0) is 43.2. The molecule has 3 aliphatic carbocycles. The third-order valence-electron chi connectivity index (χ3n) is 13.3. The molecule has 4 saturated heterocycles. The molecule has 1 saturated carbocycles. The number of allylic oxidation sites excluding steroid dienone is 2. The molecular formula is C43H56O17. The van der Waals surface area contributed by atoms with Gasteiger partial charge in [0.2, 0.25) is 0 Å². The highest BCUT2D eigenvalue weighted by molar-refractivity contribution is 6.32. The average Bonchev–Trinajstić information content (AvgIpc) is 3.17. The smallest absolute Gasteiger partial charge is 0.198 e. The van der Waals surface area contributed by atoms with Crippen LogP contribution in [0, 0.1) is 0 Å². The van der Waals surface area contributed by atoms with E-state index in [1.54, 1.807) is 20.8 Å². The number of ether oxygens (including phenoxy) is 7. The van der Waals surface area contributed by atoms with Crippen molar-refractivity contribution in [1.82, 2.24) is 0 Å². The lowest BCUT2D eigenvalue weighted by Gasteiger charge is -2.55. The first kappa shape index (κ1) is 43.6. The number of carbonyl (C=O) groups excluding carboxylic acids is 3. The summed E-state index contributed by atoms with van der Waals surface area (Å²) in [5.74, 6) is -3.03. The Bertz CT molecular complexity index is 1930. The Morgan fingerprint density at radius 3 is 2.08 bits per heavy atom. The summed E-state index contributed by atoms with van der Waals surface area (Å²) in [5.41, 5.74) is -7.56. The van der Waals surface area contributed by atoms with E-state index in [0.29, 0.717) is 12.8 Å². The van der Waals surface area contributed by atoms with Crippen molar-refractivity contribution in [1.29, 1.82) is 0 Å². The number of carbonyl (C=O) groups is 3. The van der Waals surface area contributed by atoms with Crippen LogP contribution in [-0.2, 0) is 38.0 Å². The number of aliphatic hydroxyl groups is 6. The van der Waals surface area contributed by atoms with Crippen LogP contribution >= 0.6 is 0 Å². The van der Waals surface area contributed by atoms with E-state index in [-0.39, 0.29) is 47.9 Å². The van der Waals surface area contributed by atoms with E-state index < -0.39 is 144 Å². The zero-order valence-corrected chi connectivity index (χ0v) is 34.3. The van der Waals surface area contributed by atoms with Crippen molar-refractivity contribution in [2.45, 2.75) is 189 Å².